The number of hydrogen-bond donors (Lipinski definition) is 2. The summed E-state index contributed by atoms with van der Waals surface area (Å²) >= 11 is 0. The second-order valence-electron chi connectivity index (χ2n) is 5.75. The van der Waals surface area contributed by atoms with Crippen LogP contribution in [0.1, 0.15) is 35.7 Å². The highest BCUT2D eigenvalue weighted by Gasteiger charge is 2.06. The van der Waals surface area contributed by atoms with E-state index in [9.17, 15) is 9.59 Å². The highest BCUT2D eigenvalue weighted by atomic mass is 16.5. The molecule has 0 aliphatic heterocycles. The largest absolute Gasteiger partial charge is 0.465 e. The molecule has 0 heterocycles. The summed E-state index contributed by atoms with van der Waals surface area (Å²) in [4.78, 5) is 23.3. The molecule has 0 fully saturated rings. The topological polar surface area (TPSA) is 67.4 Å². The van der Waals surface area contributed by atoms with Gasteiger partial charge in [-0.05, 0) is 47.9 Å². The zero-order valence-electron chi connectivity index (χ0n) is 14.1. The summed E-state index contributed by atoms with van der Waals surface area (Å²) in [6.45, 7) is 4.45. The third kappa shape index (κ3) is 4.84. The van der Waals surface area contributed by atoms with Gasteiger partial charge in [-0.15, -0.1) is 0 Å². The number of carbonyl (C=O) groups excluding carboxylic acids is 2. The van der Waals surface area contributed by atoms with E-state index < -0.39 is 5.97 Å². The smallest absolute Gasteiger partial charge is 0.337 e. The van der Waals surface area contributed by atoms with Gasteiger partial charge in [0, 0.05) is 11.4 Å². The van der Waals surface area contributed by atoms with Gasteiger partial charge in [0.05, 0.1) is 19.2 Å². The number of hydrogen-bond acceptors (Lipinski definition) is 4. The van der Waals surface area contributed by atoms with Crippen LogP contribution < -0.4 is 10.6 Å². The van der Waals surface area contributed by atoms with Crippen molar-refractivity contribution < 1.29 is 14.3 Å². The van der Waals surface area contributed by atoms with Crippen molar-refractivity contribution in [3.8, 4) is 0 Å². The molecule has 2 rings (SSSR count). The molecule has 0 atom stereocenters. The Hall–Kier alpha value is -2.82. The molecule has 2 aromatic carbocycles. The Labute approximate surface area is 142 Å². The number of rotatable bonds is 6. The van der Waals surface area contributed by atoms with Crippen LogP contribution in [0.5, 0.6) is 0 Å². The molecule has 0 radical (unpaired) electrons. The van der Waals surface area contributed by atoms with Crippen LogP contribution in [0.15, 0.2) is 48.5 Å². The van der Waals surface area contributed by atoms with E-state index >= 15 is 0 Å². The van der Waals surface area contributed by atoms with E-state index in [2.05, 4.69) is 41.4 Å². The quantitative estimate of drug-likeness (QED) is 0.795. The molecule has 5 heteroatoms. The fraction of sp³-hybridized carbons (Fsp3) is 0.263. The van der Waals surface area contributed by atoms with Gasteiger partial charge < -0.3 is 15.4 Å². The number of esters is 1. The molecule has 126 valence electrons. The Morgan fingerprint density at radius 3 is 2.08 bits per heavy atom. The SMILES string of the molecule is COC(=O)c1ccc(NC(=O)CNc2ccc(C(C)C)cc2)cc1. The first-order valence-electron chi connectivity index (χ1n) is 7.81. The van der Waals surface area contributed by atoms with Crippen LogP contribution in [0.4, 0.5) is 11.4 Å². The number of carbonyl (C=O) groups is 2. The fourth-order valence-corrected chi connectivity index (χ4v) is 2.18. The van der Waals surface area contributed by atoms with E-state index in [1.54, 1.807) is 24.3 Å². The van der Waals surface area contributed by atoms with E-state index in [0.29, 0.717) is 17.2 Å². The predicted octanol–water partition coefficient (Wildman–Crippen LogP) is 3.65. The van der Waals surface area contributed by atoms with Crippen LogP contribution in [0, 0.1) is 0 Å². The Balaban J connectivity index is 1.85. The molecular weight excluding hydrogens is 304 g/mol. The van der Waals surface area contributed by atoms with Crippen molar-refractivity contribution in [3.63, 3.8) is 0 Å². The van der Waals surface area contributed by atoms with E-state index in [-0.39, 0.29) is 12.5 Å². The van der Waals surface area contributed by atoms with Gasteiger partial charge in [-0.25, -0.2) is 4.79 Å². The molecule has 24 heavy (non-hydrogen) atoms. The van der Waals surface area contributed by atoms with Crippen molar-refractivity contribution in [2.75, 3.05) is 24.3 Å². The van der Waals surface area contributed by atoms with Gasteiger partial charge in [-0.2, -0.15) is 0 Å². The van der Waals surface area contributed by atoms with Crippen LogP contribution in [-0.4, -0.2) is 25.5 Å². The molecule has 0 aromatic heterocycles. The lowest BCUT2D eigenvalue weighted by molar-refractivity contribution is -0.114. The number of nitrogens with one attached hydrogen (secondary N) is 2. The first kappa shape index (κ1) is 17.5. The second kappa shape index (κ2) is 8.15. The summed E-state index contributed by atoms with van der Waals surface area (Å²) in [6, 6.07) is 14.6. The third-order valence-electron chi connectivity index (χ3n) is 3.62. The first-order chi connectivity index (χ1) is 11.5. The summed E-state index contributed by atoms with van der Waals surface area (Å²) in [5, 5.41) is 5.86. The number of methoxy groups -OCH3 is 1. The molecule has 5 nitrogen and oxygen atoms in total. The van der Waals surface area contributed by atoms with Crippen molar-refractivity contribution >= 4 is 23.3 Å². The van der Waals surface area contributed by atoms with Crippen molar-refractivity contribution in [1.82, 2.24) is 0 Å². The van der Waals surface area contributed by atoms with Gasteiger partial charge in [0.25, 0.3) is 0 Å². The molecule has 0 aliphatic rings. The highest BCUT2D eigenvalue weighted by Crippen LogP contribution is 2.17. The van der Waals surface area contributed by atoms with Crippen LogP contribution in [0.2, 0.25) is 0 Å². The van der Waals surface area contributed by atoms with E-state index in [4.69, 9.17) is 0 Å². The Morgan fingerprint density at radius 1 is 0.958 bits per heavy atom. The number of benzene rings is 2. The minimum atomic E-state index is -0.403. The Morgan fingerprint density at radius 2 is 1.54 bits per heavy atom. The fourth-order valence-electron chi connectivity index (χ4n) is 2.18. The van der Waals surface area contributed by atoms with E-state index in [1.165, 1.54) is 12.7 Å². The maximum Gasteiger partial charge on any atom is 0.337 e. The van der Waals surface area contributed by atoms with Gasteiger partial charge in [-0.3, -0.25) is 4.79 Å². The molecule has 0 spiro atoms. The summed E-state index contributed by atoms with van der Waals surface area (Å²) in [5.74, 6) is -0.0801. The van der Waals surface area contributed by atoms with Crippen molar-refractivity contribution in [2.45, 2.75) is 19.8 Å². The molecule has 0 bridgehead atoms. The average molecular weight is 326 g/mol. The molecule has 0 unspecified atom stereocenters. The lowest BCUT2D eigenvalue weighted by Gasteiger charge is -2.10. The average Bonchev–Trinajstić information content (AvgIpc) is 2.60. The van der Waals surface area contributed by atoms with Crippen LogP contribution in [0.25, 0.3) is 0 Å². The third-order valence-corrected chi connectivity index (χ3v) is 3.62. The number of amides is 1. The maximum atomic E-state index is 12.0. The summed E-state index contributed by atoms with van der Waals surface area (Å²) in [6.07, 6.45) is 0. The summed E-state index contributed by atoms with van der Waals surface area (Å²) in [7, 11) is 1.33. The van der Waals surface area contributed by atoms with E-state index in [1.807, 2.05) is 12.1 Å². The zero-order chi connectivity index (χ0) is 17.5. The number of ether oxygens (including phenoxy) is 1. The van der Waals surface area contributed by atoms with Crippen LogP contribution >= 0.6 is 0 Å². The molecule has 1 amide bonds. The monoisotopic (exact) mass is 326 g/mol. The summed E-state index contributed by atoms with van der Waals surface area (Å²) in [5.41, 5.74) is 3.23. The maximum absolute atomic E-state index is 12.0. The van der Waals surface area contributed by atoms with Crippen LogP contribution in [0.3, 0.4) is 0 Å². The van der Waals surface area contributed by atoms with E-state index in [0.717, 1.165) is 5.69 Å². The van der Waals surface area contributed by atoms with Gasteiger partial charge in [-0.1, -0.05) is 26.0 Å². The standard InChI is InChI=1S/C19H22N2O3/c1-13(2)14-4-8-16(9-5-14)20-12-18(22)21-17-10-6-15(7-11-17)19(23)24-3/h4-11,13,20H,12H2,1-3H3,(H,21,22). The predicted molar refractivity (Wildman–Crippen MR) is 95.4 cm³/mol. The first-order valence-corrected chi connectivity index (χ1v) is 7.81. The number of anilines is 2. The van der Waals surface area contributed by atoms with Crippen LogP contribution in [-0.2, 0) is 9.53 Å². The van der Waals surface area contributed by atoms with Gasteiger partial charge in [0.2, 0.25) is 5.91 Å². The minimum absolute atomic E-state index is 0.159. The van der Waals surface area contributed by atoms with Crippen molar-refractivity contribution in [3.05, 3.63) is 59.7 Å². The highest BCUT2D eigenvalue weighted by molar-refractivity contribution is 5.95. The van der Waals surface area contributed by atoms with Gasteiger partial charge in [0.1, 0.15) is 0 Å². The zero-order valence-corrected chi connectivity index (χ0v) is 14.1. The van der Waals surface area contributed by atoms with Gasteiger partial charge in [0.15, 0.2) is 0 Å². The second-order valence-corrected chi connectivity index (χ2v) is 5.75. The van der Waals surface area contributed by atoms with Gasteiger partial charge >= 0.3 is 5.97 Å². The lowest BCUT2D eigenvalue weighted by Crippen LogP contribution is -2.21. The van der Waals surface area contributed by atoms with Crippen molar-refractivity contribution in [2.24, 2.45) is 0 Å². The molecule has 0 saturated carbocycles. The Kier molecular flexibility index (Phi) is 5.95. The molecule has 2 N–H and O–H groups in total. The normalized spacial score (nSPS) is 10.3. The molecule has 2 aromatic rings. The molecule has 0 saturated heterocycles. The minimum Gasteiger partial charge on any atom is -0.465 e. The molecule has 0 aliphatic carbocycles. The summed E-state index contributed by atoms with van der Waals surface area (Å²) < 4.78 is 4.63. The lowest BCUT2D eigenvalue weighted by atomic mass is 10.0. The Bertz CT molecular complexity index is 692. The molecular formula is C19H22N2O3. The van der Waals surface area contributed by atoms with Crippen molar-refractivity contribution in [1.29, 1.82) is 0 Å².